The highest BCUT2D eigenvalue weighted by Gasteiger charge is 2.43. The molecule has 0 rings (SSSR count). The summed E-state index contributed by atoms with van der Waals surface area (Å²) < 4.78 is 17.9. The van der Waals surface area contributed by atoms with E-state index in [0.29, 0.717) is 18.9 Å². The van der Waals surface area contributed by atoms with Crippen LogP contribution in [0.15, 0.2) is 0 Å². The molecule has 0 heterocycles. The van der Waals surface area contributed by atoms with Gasteiger partial charge in [0.1, 0.15) is 0 Å². The van der Waals surface area contributed by atoms with Crippen LogP contribution in [0.4, 0.5) is 0 Å². The summed E-state index contributed by atoms with van der Waals surface area (Å²) in [4.78, 5) is 10.3. The van der Waals surface area contributed by atoms with E-state index in [-0.39, 0.29) is 18.3 Å². The molecule has 1 radical (unpaired) electrons. The van der Waals surface area contributed by atoms with Gasteiger partial charge in [-0.1, -0.05) is 0 Å². The van der Waals surface area contributed by atoms with Gasteiger partial charge in [-0.2, -0.15) is 0 Å². The van der Waals surface area contributed by atoms with Crippen LogP contribution in [0.2, 0.25) is 6.04 Å². The second-order valence-corrected chi connectivity index (χ2v) is 7.75. The van der Waals surface area contributed by atoms with E-state index in [1.54, 1.807) is 0 Å². The van der Waals surface area contributed by atoms with E-state index in [9.17, 15) is 4.79 Å². The zero-order chi connectivity index (χ0) is 14.2. The molecule has 0 aromatic heterocycles. The van der Waals surface area contributed by atoms with Crippen molar-refractivity contribution < 1.29 is 18.1 Å². The van der Waals surface area contributed by atoms with Crippen molar-refractivity contribution in [3.8, 4) is 0 Å². The quantitative estimate of drug-likeness (QED) is 0.454. The molecule has 0 fully saturated rings. The van der Waals surface area contributed by atoms with E-state index in [4.69, 9.17) is 13.3 Å². The van der Waals surface area contributed by atoms with Crippen LogP contribution in [0.25, 0.3) is 0 Å². The molecule has 0 aromatic carbocycles. The lowest BCUT2D eigenvalue weighted by Crippen LogP contribution is -2.50. The largest absolute Gasteiger partial charge is 0.501 e. The van der Waals surface area contributed by atoms with Crippen LogP contribution < -0.4 is 0 Å². The number of carbonyl (C=O) groups excluding carboxylic acids is 1. The SMILES string of the molecule is CC(C)O[Si](CCC[C]=O)(OC(C)C)OC(C)C. The van der Waals surface area contributed by atoms with Gasteiger partial charge in [0.15, 0.2) is 6.29 Å². The van der Waals surface area contributed by atoms with Gasteiger partial charge in [0.05, 0.1) is 0 Å². The molecule has 0 saturated heterocycles. The summed E-state index contributed by atoms with van der Waals surface area (Å²) in [7, 11) is -2.70. The molecule has 0 N–H and O–H groups in total. The molecule has 107 valence electrons. The Labute approximate surface area is 112 Å². The molecule has 0 atom stereocenters. The number of unbranched alkanes of at least 4 members (excludes halogenated alkanes) is 1. The standard InChI is InChI=1S/C13H27O4Si/c1-11(2)15-18(16-12(3)4,17-13(5)6)10-8-7-9-14/h11-13H,7-8,10H2,1-6H3. The van der Waals surface area contributed by atoms with Crippen LogP contribution in [0.3, 0.4) is 0 Å². The van der Waals surface area contributed by atoms with Gasteiger partial charge in [0.2, 0.25) is 0 Å². The Morgan fingerprint density at radius 2 is 1.28 bits per heavy atom. The smallest absolute Gasteiger partial charge is 0.371 e. The van der Waals surface area contributed by atoms with Gasteiger partial charge in [0, 0.05) is 30.8 Å². The summed E-state index contributed by atoms with van der Waals surface area (Å²) in [6.45, 7) is 11.8. The zero-order valence-corrected chi connectivity index (χ0v) is 13.5. The van der Waals surface area contributed by atoms with Crippen LogP contribution in [0.5, 0.6) is 0 Å². The van der Waals surface area contributed by atoms with Crippen LogP contribution >= 0.6 is 0 Å². The Bertz CT molecular complexity index is 203. The van der Waals surface area contributed by atoms with E-state index >= 15 is 0 Å². The van der Waals surface area contributed by atoms with E-state index < -0.39 is 8.80 Å². The lowest BCUT2D eigenvalue weighted by molar-refractivity contribution is 0.00300. The summed E-state index contributed by atoms with van der Waals surface area (Å²) in [5, 5.41) is 0. The van der Waals surface area contributed by atoms with E-state index in [1.165, 1.54) is 0 Å². The average molecular weight is 275 g/mol. The molecule has 5 heteroatoms. The molecule has 0 aromatic rings. The Morgan fingerprint density at radius 3 is 1.56 bits per heavy atom. The molecule has 0 amide bonds. The summed E-state index contributed by atoms with van der Waals surface area (Å²) >= 11 is 0. The molecule has 18 heavy (non-hydrogen) atoms. The van der Waals surface area contributed by atoms with Crippen molar-refractivity contribution in [3.05, 3.63) is 0 Å². The first-order valence-electron chi connectivity index (χ1n) is 6.69. The summed E-state index contributed by atoms with van der Waals surface area (Å²) in [6.07, 6.45) is 3.16. The van der Waals surface area contributed by atoms with E-state index in [1.807, 2.05) is 47.8 Å². The maximum Gasteiger partial charge on any atom is 0.501 e. The lowest BCUT2D eigenvalue weighted by Gasteiger charge is -2.34. The van der Waals surface area contributed by atoms with Crippen molar-refractivity contribution in [1.82, 2.24) is 0 Å². The summed E-state index contributed by atoms with van der Waals surface area (Å²) in [6, 6.07) is 0.663. The second kappa shape index (κ2) is 8.80. The van der Waals surface area contributed by atoms with Gasteiger partial charge in [-0.3, -0.25) is 4.79 Å². The normalized spacial score (nSPS) is 12.7. The van der Waals surface area contributed by atoms with Crippen molar-refractivity contribution in [2.24, 2.45) is 0 Å². The first-order valence-corrected chi connectivity index (χ1v) is 8.63. The monoisotopic (exact) mass is 275 g/mol. The van der Waals surface area contributed by atoms with Gasteiger partial charge >= 0.3 is 8.80 Å². The molecule has 0 saturated carbocycles. The molecule has 0 unspecified atom stereocenters. The highest BCUT2D eigenvalue weighted by molar-refractivity contribution is 6.60. The molecule has 4 nitrogen and oxygen atoms in total. The topological polar surface area (TPSA) is 44.8 Å². The van der Waals surface area contributed by atoms with Crippen molar-refractivity contribution in [3.63, 3.8) is 0 Å². The first kappa shape index (κ1) is 17.8. The minimum Gasteiger partial charge on any atom is -0.371 e. The molecular weight excluding hydrogens is 248 g/mol. The van der Waals surface area contributed by atoms with Gasteiger partial charge in [-0.25, -0.2) is 0 Å². The predicted octanol–water partition coefficient (Wildman–Crippen LogP) is 3.09. The van der Waals surface area contributed by atoms with E-state index in [2.05, 4.69) is 0 Å². The van der Waals surface area contributed by atoms with Gasteiger partial charge in [-0.05, 0) is 48.0 Å². The van der Waals surface area contributed by atoms with Crippen molar-refractivity contribution >= 4 is 15.1 Å². The highest BCUT2D eigenvalue weighted by Crippen LogP contribution is 2.24. The molecule has 0 spiro atoms. The Morgan fingerprint density at radius 1 is 0.889 bits per heavy atom. The maximum absolute atomic E-state index is 10.3. The van der Waals surface area contributed by atoms with Crippen molar-refractivity contribution in [2.45, 2.75) is 78.7 Å². The predicted molar refractivity (Wildman–Crippen MR) is 74.2 cm³/mol. The molecule has 0 aliphatic carbocycles. The number of rotatable bonds is 10. The van der Waals surface area contributed by atoms with Gasteiger partial charge in [-0.15, -0.1) is 0 Å². The first-order chi connectivity index (χ1) is 8.31. The number of hydrogen-bond donors (Lipinski definition) is 0. The fraction of sp³-hybridized carbons (Fsp3) is 0.923. The van der Waals surface area contributed by atoms with Crippen molar-refractivity contribution in [2.75, 3.05) is 0 Å². The third-order valence-electron chi connectivity index (χ3n) is 2.01. The van der Waals surface area contributed by atoms with Crippen LogP contribution in [0, 0.1) is 0 Å². The molecular formula is C13H27O4Si. The molecule has 0 bridgehead atoms. The lowest BCUT2D eigenvalue weighted by atomic mass is 10.4. The Hall–Kier alpha value is -0.233. The Kier molecular flexibility index (Phi) is 8.68. The summed E-state index contributed by atoms with van der Waals surface area (Å²) in [5.74, 6) is 0. The minimum absolute atomic E-state index is 0.0503. The summed E-state index contributed by atoms with van der Waals surface area (Å²) in [5.41, 5.74) is 0. The average Bonchev–Trinajstić information content (AvgIpc) is 2.13. The number of hydrogen-bond acceptors (Lipinski definition) is 4. The third kappa shape index (κ3) is 7.97. The van der Waals surface area contributed by atoms with Crippen LogP contribution in [0.1, 0.15) is 54.4 Å². The minimum atomic E-state index is -2.70. The fourth-order valence-corrected chi connectivity index (χ4v) is 5.00. The van der Waals surface area contributed by atoms with Crippen LogP contribution in [-0.2, 0) is 18.1 Å². The van der Waals surface area contributed by atoms with Crippen molar-refractivity contribution in [1.29, 1.82) is 0 Å². The fourth-order valence-electron chi connectivity index (χ4n) is 1.71. The van der Waals surface area contributed by atoms with E-state index in [0.717, 1.165) is 0 Å². The maximum atomic E-state index is 10.3. The Balaban J connectivity index is 4.79. The van der Waals surface area contributed by atoms with Gasteiger partial charge < -0.3 is 13.3 Å². The highest BCUT2D eigenvalue weighted by atomic mass is 28.4. The second-order valence-electron chi connectivity index (χ2n) is 5.18. The zero-order valence-electron chi connectivity index (χ0n) is 12.5. The van der Waals surface area contributed by atoms with Crippen LogP contribution in [-0.4, -0.2) is 33.4 Å². The van der Waals surface area contributed by atoms with Gasteiger partial charge in [0.25, 0.3) is 0 Å². The molecule has 0 aliphatic rings. The third-order valence-corrected chi connectivity index (χ3v) is 5.47. The molecule has 0 aliphatic heterocycles.